The van der Waals surface area contributed by atoms with Crippen molar-refractivity contribution in [2.75, 3.05) is 19.6 Å². The quantitative estimate of drug-likeness (QED) is 0.913. The van der Waals surface area contributed by atoms with Crippen LogP contribution >= 0.6 is 11.6 Å². The Hall–Kier alpha value is -0.640. The highest BCUT2D eigenvalue weighted by Crippen LogP contribution is 2.28. The first-order chi connectivity index (χ1) is 8.74. The Morgan fingerprint density at radius 1 is 1.22 bits per heavy atom. The van der Waals surface area contributed by atoms with Crippen molar-refractivity contribution in [1.29, 1.82) is 0 Å². The van der Waals surface area contributed by atoms with Gasteiger partial charge < -0.3 is 5.73 Å². The van der Waals surface area contributed by atoms with E-state index in [1.54, 1.807) is 18.2 Å². The second-order valence-electron chi connectivity index (χ2n) is 4.84. The first-order valence-electron chi connectivity index (χ1n) is 6.62. The summed E-state index contributed by atoms with van der Waals surface area (Å²) < 4.78 is 14.1. The summed E-state index contributed by atoms with van der Waals surface area (Å²) >= 11 is 5.85. The molecule has 1 atom stereocenters. The SMILES string of the molecule is NCC(c1cccc(Cl)c1F)N1CCCCCC1. The number of benzene rings is 1. The van der Waals surface area contributed by atoms with Crippen LogP contribution in [-0.2, 0) is 0 Å². The van der Waals surface area contributed by atoms with Gasteiger partial charge in [-0.15, -0.1) is 0 Å². The van der Waals surface area contributed by atoms with Crippen LogP contribution in [0.5, 0.6) is 0 Å². The fourth-order valence-corrected chi connectivity index (χ4v) is 2.84. The molecule has 0 saturated carbocycles. The van der Waals surface area contributed by atoms with Crippen LogP contribution in [0.25, 0.3) is 0 Å². The van der Waals surface area contributed by atoms with Gasteiger partial charge in [-0.05, 0) is 32.0 Å². The Kier molecular flexibility index (Phi) is 4.98. The summed E-state index contributed by atoms with van der Waals surface area (Å²) in [7, 11) is 0. The van der Waals surface area contributed by atoms with Crippen LogP contribution in [0, 0.1) is 5.82 Å². The van der Waals surface area contributed by atoms with E-state index in [1.807, 2.05) is 0 Å². The van der Waals surface area contributed by atoms with Gasteiger partial charge in [-0.1, -0.05) is 36.6 Å². The summed E-state index contributed by atoms with van der Waals surface area (Å²) in [6.07, 6.45) is 4.84. The molecule has 1 saturated heterocycles. The molecule has 0 spiro atoms. The van der Waals surface area contributed by atoms with Crippen molar-refractivity contribution in [1.82, 2.24) is 4.90 Å². The molecule has 1 fully saturated rings. The van der Waals surface area contributed by atoms with Gasteiger partial charge in [-0.25, -0.2) is 4.39 Å². The molecule has 1 aromatic carbocycles. The molecule has 100 valence electrons. The van der Waals surface area contributed by atoms with Gasteiger partial charge in [0.2, 0.25) is 0 Å². The third-order valence-corrected chi connectivity index (χ3v) is 3.94. The Morgan fingerprint density at radius 2 is 1.89 bits per heavy atom. The first kappa shape index (κ1) is 13.8. The van der Waals surface area contributed by atoms with E-state index < -0.39 is 0 Å². The second kappa shape index (κ2) is 6.50. The van der Waals surface area contributed by atoms with Gasteiger partial charge in [-0.2, -0.15) is 0 Å². The Balaban J connectivity index is 2.23. The lowest BCUT2D eigenvalue weighted by Gasteiger charge is -2.30. The van der Waals surface area contributed by atoms with Crippen molar-refractivity contribution in [3.63, 3.8) is 0 Å². The molecule has 2 nitrogen and oxygen atoms in total. The summed E-state index contributed by atoms with van der Waals surface area (Å²) in [5.74, 6) is -0.320. The average molecular weight is 271 g/mol. The molecule has 0 radical (unpaired) electrons. The van der Waals surface area contributed by atoms with E-state index in [2.05, 4.69) is 4.90 Å². The van der Waals surface area contributed by atoms with Crippen LogP contribution in [-0.4, -0.2) is 24.5 Å². The van der Waals surface area contributed by atoms with Crippen LogP contribution in [0.4, 0.5) is 4.39 Å². The molecular weight excluding hydrogens is 251 g/mol. The molecule has 1 aliphatic heterocycles. The van der Waals surface area contributed by atoms with Gasteiger partial charge in [0.15, 0.2) is 0 Å². The highest BCUT2D eigenvalue weighted by molar-refractivity contribution is 6.30. The molecule has 0 bridgehead atoms. The largest absolute Gasteiger partial charge is 0.329 e. The minimum Gasteiger partial charge on any atom is -0.329 e. The molecule has 4 heteroatoms. The highest BCUT2D eigenvalue weighted by atomic mass is 35.5. The van der Waals surface area contributed by atoms with E-state index in [-0.39, 0.29) is 16.9 Å². The van der Waals surface area contributed by atoms with E-state index in [1.165, 1.54) is 25.7 Å². The summed E-state index contributed by atoms with van der Waals surface area (Å²) in [5, 5.41) is 0.181. The van der Waals surface area contributed by atoms with Crippen molar-refractivity contribution in [3.8, 4) is 0 Å². The third kappa shape index (κ3) is 3.02. The molecule has 2 N–H and O–H groups in total. The maximum absolute atomic E-state index is 14.1. The molecule has 1 aromatic rings. The van der Waals surface area contributed by atoms with Crippen molar-refractivity contribution < 1.29 is 4.39 Å². The fraction of sp³-hybridized carbons (Fsp3) is 0.571. The zero-order valence-corrected chi connectivity index (χ0v) is 11.3. The van der Waals surface area contributed by atoms with Gasteiger partial charge >= 0.3 is 0 Å². The van der Waals surface area contributed by atoms with E-state index >= 15 is 0 Å². The number of rotatable bonds is 3. The number of nitrogens with zero attached hydrogens (tertiary/aromatic N) is 1. The third-order valence-electron chi connectivity index (χ3n) is 3.65. The molecule has 0 aromatic heterocycles. The van der Waals surface area contributed by atoms with E-state index in [0.29, 0.717) is 12.1 Å². The number of hydrogen-bond acceptors (Lipinski definition) is 2. The zero-order valence-electron chi connectivity index (χ0n) is 10.5. The Labute approximate surface area is 113 Å². The lowest BCUT2D eigenvalue weighted by atomic mass is 10.0. The summed E-state index contributed by atoms with van der Waals surface area (Å²) in [6, 6.07) is 5.11. The number of hydrogen-bond donors (Lipinski definition) is 1. The molecule has 2 rings (SSSR count). The number of likely N-dealkylation sites (tertiary alicyclic amines) is 1. The molecule has 18 heavy (non-hydrogen) atoms. The van der Waals surface area contributed by atoms with Crippen LogP contribution in [0.15, 0.2) is 18.2 Å². The maximum atomic E-state index is 14.1. The Morgan fingerprint density at radius 3 is 2.50 bits per heavy atom. The summed E-state index contributed by atoms with van der Waals surface area (Å²) in [4.78, 5) is 2.29. The van der Waals surface area contributed by atoms with Crippen molar-refractivity contribution in [2.45, 2.75) is 31.7 Å². The van der Waals surface area contributed by atoms with Crippen LogP contribution < -0.4 is 5.73 Å². The molecule has 0 aliphatic carbocycles. The van der Waals surface area contributed by atoms with Gasteiger partial charge in [0.05, 0.1) is 5.02 Å². The minimum absolute atomic E-state index is 0.0539. The summed E-state index contributed by atoms with van der Waals surface area (Å²) in [5.41, 5.74) is 6.49. The Bertz CT molecular complexity index is 389. The monoisotopic (exact) mass is 270 g/mol. The lowest BCUT2D eigenvalue weighted by Crippen LogP contribution is -2.35. The average Bonchev–Trinajstić information content (AvgIpc) is 2.64. The second-order valence-corrected chi connectivity index (χ2v) is 5.25. The van der Waals surface area contributed by atoms with E-state index in [9.17, 15) is 4.39 Å². The van der Waals surface area contributed by atoms with Crippen molar-refractivity contribution >= 4 is 11.6 Å². The molecule has 0 amide bonds. The van der Waals surface area contributed by atoms with Crippen LogP contribution in [0.2, 0.25) is 5.02 Å². The van der Waals surface area contributed by atoms with Crippen molar-refractivity contribution in [3.05, 3.63) is 34.6 Å². The normalized spacial score (nSPS) is 19.5. The van der Waals surface area contributed by atoms with Gasteiger partial charge in [0, 0.05) is 18.2 Å². The van der Waals surface area contributed by atoms with E-state index in [4.69, 9.17) is 17.3 Å². The van der Waals surface area contributed by atoms with Crippen LogP contribution in [0.1, 0.15) is 37.3 Å². The number of nitrogens with two attached hydrogens (primary N) is 1. The van der Waals surface area contributed by atoms with E-state index in [0.717, 1.165) is 13.1 Å². The maximum Gasteiger partial charge on any atom is 0.146 e. The molecule has 1 unspecified atom stereocenters. The predicted molar refractivity (Wildman–Crippen MR) is 73.2 cm³/mol. The molecule has 1 heterocycles. The molecule has 1 aliphatic rings. The lowest BCUT2D eigenvalue weighted by molar-refractivity contribution is 0.206. The first-order valence-corrected chi connectivity index (χ1v) is 7.00. The number of halogens is 2. The predicted octanol–water partition coefficient (Wildman–Crippen LogP) is 3.35. The van der Waals surface area contributed by atoms with Gasteiger partial charge in [0.25, 0.3) is 0 Å². The topological polar surface area (TPSA) is 29.3 Å². The fourth-order valence-electron chi connectivity index (χ4n) is 2.66. The summed E-state index contributed by atoms with van der Waals surface area (Å²) in [6.45, 7) is 2.42. The standard InChI is InChI=1S/C14H20ClFN2/c15-12-7-5-6-11(14(12)16)13(10-17)18-8-3-1-2-4-9-18/h5-7,13H,1-4,8-10,17H2. The van der Waals surface area contributed by atoms with Gasteiger partial charge in [0.1, 0.15) is 5.82 Å². The molecular formula is C14H20ClFN2. The van der Waals surface area contributed by atoms with Gasteiger partial charge in [-0.3, -0.25) is 4.90 Å². The van der Waals surface area contributed by atoms with Crippen LogP contribution in [0.3, 0.4) is 0 Å². The van der Waals surface area contributed by atoms with Crippen molar-refractivity contribution in [2.24, 2.45) is 5.73 Å². The smallest absolute Gasteiger partial charge is 0.146 e. The zero-order chi connectivity index (χ0) is 13.0. The minimum atomic E-state index is -0.320. The highest BCUT2D eigenvalue weighted by Gasteiger charge is 2.23.